The number of carbonyl (C=O) groups excluding carboxylic acids is 2. The molecular weight excluding hydrogens is 397 g/mol. The lowest BCUT2D eigenvalue weighted by atomic mass is 9.99. The number of amides is 1. The van der Waals surface area contributed by atoms with E-state index in [0.29, 0.717) is 28.4 Å². The van der Waals surface area contributed by atoms with Crippen molar-refractivity contribution < 1.29 is 23.5 Å². The molecule has 5 nitrogen and oxygen atoms in total. The lowest BCUT2D eigenvalue weighted by molar-refractivity contribution is -0.139. The Morgan fingerprint density at radius 1 is 1.14 bits per heavy atom. The number of carbonyl (C=O) groups is 2. The molecule has 152 valence electrons. The fourth-order valence-corrected chi connectivity index (χ4v) is 4.47. The van der Waals surface area contributed by atoms with Crippen LogP contribution in [0.25, 0.3) is 0 Å². The predicted molar refractivity (Wildman–Crippen MR) is 106 cm³/mol. The van der Waals surface area contributed by atoms with Gasteiger partial charge in [-0.05, 0) is 55.3 Å². The van der Waals surface area contributed by atoms with Gasteiger partial charge in [-0.3, -0.25) is 9.59 Å². The molecule has 2 aromatic carbocycles. The summed E-state index contributed by atoms with van der Waals surface area (Å²) in [5, 5.41) is 0.437. The van der Waals surface area contributed by atoms with E-state index in [1.807, 2.05) is 4.90 Å². The number of piperidine rings is 1. The van der Waals surface area contributed by atoms with E-state index in [0.717, 1.165) is 25.7 Å². The number of nitrogens with zero attached hydrogens (tertiary/aromatic N) is 1. The first-order chi connectivity index (χ1) is 14.0. The molecule has 2 aliphatic rings. The average Bonchev–Trinajstić information content (AvgIpc) is 2.99. The van der Waals surface area contributed by atoms with Gasteiger partial charge in [0, 0.05) is 29.9 Å². The van der Waals surface area contributed by atoms with Crippen LogP contribution < -0.4 is 9.47 Å². The molecule has 2 aromatic rings. The molecule has 2 fully saturated rings. The number of ether oxygens (including phenoxy) is 2. The molecule has 3 atom stereocenters. The van der Waals surface area contributed by atoms with Crippen LogP contribution in [0.15, 0.2) is 42.5 Å². The van der Waals surface area contributed by atoms with Crippen LogP contribution >= 0.6 is 11.6 Å². The number of hydrogen-bond acceptors (Lipinski definition) is 4. The summed E-state index contributed by atoms with van der Waals surface area (Å²) >= 11 is 5.89. The van der Waals surface area contributed by atoms with Crippen LogP contribution in [0.3, 0.4) is 0 Å². The fraction of sp³-hybridized carbons (Fsp3) is 0.364. The zero-order valence-electron chi connectivity index (χ0n) is 15.7. The molecule has 2 bridgehead atoms. The minimum atomic E-state index is -0.295. The van der Waals surface area contributed by atoms with E-state index in [2.05, 4.69) is 0 Å². The molecule has 0 N–H and O–H groups in total. The topological polar surface area (TPSA) is 55.8 Å². The smallest absolute Gasteiger partial charge is 0.261 e. The summed E-state index contributed by atoms with van der Waals surface area (Å²) in [6.07, 6.45) is 4.00. The molecule has 2 aliphatic heterocycles. The molecule has 29 heavy (non-hydrogen) atoms. The summed E-state index contributed by atoms with van der Waals surface area (Å²) in [6.45, 7) is -0.126. The van der Waals surface area contributed by atoms with Gasteiger partial charge in [-0.25, -0.2) is 4.39 Å². The maximum atomic E-state index is 13.1. The lowest BCUT2D eigenvalue weighted by Gasteiger charge is -2.38. The normalized spacial score (nSPS) is 23.0. The third-order valence-electron chi connectivity index (χ3n) is 5.54. The molecule has 2 heterocycles. The van der Waals surface area contributed by atoms with E-state index >= 15 is 0 Å². The van der Waals surface area contributed by atoms with Gasteiger partial charge in [0.15, 0.2) is 12.9 Å². The van der Waals surface area contributed by atoms with Crippen LogP contribution in [-0.2, 0) is 4.79 Å². The van der Waals surface area contributed by atoms with Crippen LogP contribution in [0.2, 0.25) is 5.02 Å². The van der Waals surface area contributed by atoms with Crippen molar-refractivity contribution in [1.29, 1.82) is 0 Å². The van der Waals surface area contributed by atoms with Gasteiger partial charge in [-0.1, -0.05) is 11.6 Å². The molecule has 1 amide bonds. The van der Waals surface area contributed by atoms with Gasteiger partial charge in [-0.2, -0.15) is 0 Å². The van der Waals surface area contributed by atoms with Crippen molar-refractivity contribution in [2.75, 3.05) is 6.61 Å². The van der Waals surface area contributed by atoms with Crippen molar-refractivity contribution >= 4 is 23.8 Å². The minimum absolute atomic E-state index is 0.000797. The third-order valence-corrected chi connectivity index (χ3v) is 5.78. The summed E-state index contributed by atoms with van der Waals surface area (Å²) in [5.41, 5.74) is 0.319. The number of hydrogen-bond donors (Lipinski definition) is 0. The van der Waals surface area contributed by atoms with Crippen molar-refractivity contribution in [3.8, 4) is 11.5 Å². The highest BCUT2D eigenvalue weighted by Gasteiger charge is 2.44. The zero-order valence-corrected chi connectivity index (χ0v) is 16.5. The maximum Gasteiger partial charge on any atom is 0.261 e. The molecule has 0 spiro atoms. The second-order valence-electron chi connectivity index (χ2n) is 7.44. The van der Waals surface area contributed by atoms with E-state index in [1.165, 1.54) is 18.2 Å². The first-order valence-corrected chi connectivity index (χ1v) is 10.0. The van der Waals surface area contributed by atoms with Gasteiger partial charge in [0.25, 0.3) is 5.91 Å². The monoisotopic (exact) mass is 417 g/mol. The van der Waals surface area contributed by atoms with Crippen molar-refractivity contribution in [3.05, 3.63) is 58.9 Å². The van der Waals surface area contributed by atoms with E-state index in [1.54, 1.807) is 24.3 Å². The Morgan fingerprint density at radius 2 is 1.83 bits per heavy atom. The first-order valence-electron chi connectivity index (χ1n) is 9.64. The first kappa shape index (κ1) is 19.7. The molecule has 2 saturated heterocycles. The number of benzene rings is 2. The van der Waals surface area contributed by atoms with Gasteiger partial charge >= 0.3 is 0 Å². The maximum absolute atomic E-state index is 13.1. The highest BCUT2D eigenvalue weighted by atomic mass is 35.5. The van der Waals surface area contributed by atoms with Gasteiger partial charge < -0.3 is 14.4 Å². The van der Waals surface area contributed by atoms with Crippen molar-refractivity contribution in [2.45, 2.75) is 43.9 Å². The van der Waals surface area contributed by atoms with Gasteiger partial charge in [0.05, 0.1) is 5.56 Å². The Balaban J connectivity index is 1.36. The second-order valence-corrected chi connectivity index (χ2v) is 7.88. The van der Waals surface area contributed by atoms with Crippen molar-refractivity contribution in [2.24, 2.45) is 0 Å². The molecular formula is C22H21ClFNO4. The summed E-state index contributed by atoms with van der Waals surface area (Å²) in [7, 11) is 0. The average molecular weight is 418 g/mol. The Morgan fingerprint density at radius 3 is 2.48 bits per heavy atom. The lowest BCUT2D eigenvalue weighted by Crippen LogP contribution is -2.50. The predicted octanol–water partition coefficient (Wildman–Crippen LogP) is 4.27. The van der Waals surface area contributed by atoms with Crippen molar-refractivity contribution in [1.82, 2.24) is 4.90 Å². The third kappa shape index (κ3) is 4.37. The number of aldehydes is 1. The summed E-state index contributed by atoms with van der Waals surface area (Å²) in [4.78, 5) is 25.9. The second kappa shape index (κ2) is 8.41. The number of fused-ring (bicyclic) bond motifs is 2. The highest BCUT2D eigenvalue weighted by molar-refractivity contribution is 6.30. The Bertz CT molecular complexity index is 890. The van der Waals surface area contributed by atoms with Crippen LogP contribution in [0.5, 0.6) is 11.5 Å². The SMILES string of the molecule is O=Cc1cc(Cl)ccc1OCC(=O)N1[C@@H]2CC[C@H]1CC(Oc1ccc(F)cc1)C2. The molecule has 0 saturated carbocycles. The summed E-state index contributed by atoms with van der Waals surface area (Å²) in [5.74, 6) is 0.600. The largest absolute Gasteiger partial charge is 0.490 e. The molecule has 7 heteroatoms. The summed E-state index contributed by atoms with van der Waals surface area (Å²) < 4.78 is 24.7. The van der Waals surface area contributed by atoms with Gasteiger partial charge in [-0.15, -0.1) is 0 Å². The Kier molecular flexibility index (Phi) is 5.72. The standard InChI is InChI=1S/C22H21ClFNO4/c23-15-1-8-21(14(9-15)12-26)28-13-22(27)25-17-4-5-18(25)11-20(10-17)29-19-6-2-16(24)3-7-19/h1-3,6-9,12,17-18,20H,4-5,10-11,13H2/t17-,18+,20?. The van der Waals surface area contributed by atoms with Crippen molar-refractivity contribution in [3.63, 3.8) is 0 Å². The van der Waals surface area contributed by atoms with E-state index in [-0.39, 0.29) is 36.5 Å². The van der Waals surface area contributed by atoms with Gasteiger partial charge in [0.2, 0.25) is 0 Å². The molecule has 0 aromatic heterocycles. The van der Waals surface area contributed by atoms with E-state index < -0.39 is 0 Å². The quantitative estimate of drug-likeness (QED) is 0.658. The van der Waals surface area contributed by atoms with Crippen LogP contribution in [0, 0.1) is 5.82 Å². The number of rotatable bonds is 6. The molecule has 0 radical (unpaired) electrons. The minimum Gasteiger partial charge on any atom is -0.490 e. The zero-order chi connectivity index (χ0) is 20.4. The molecule has 4 rings (SSSR count). The Hall–Kier alpha value is -2.60. The Labute approximate surface area is 173 Å². The van der Waals surface area contributed by atoms with Crippen LogP contribution in [-0.4, -0.2) is 41.9 Å². The number of halogens is 2. The summed E-state index contributed by atoms with van der Waals surface area (Å²) in [6, 6.07) is 10.9. The van der Waals surface area contributed by atoms with E-state index in [4.69, 9.17) is 21.1 Å². The molecule has 1 unspecified atom stereocenters. The van der Waals surface area contributed by atoms with Crippen LogP contribution in [0.4, 0.5) is 4.39 Å². The van der Waals surface area contributed by atoms with Gasteiger partial charge in [0.1, 0.15) is 23.4 Å². The van der Waals surface area contributed by atoms with Crippen LogP contribution in [0.1, 0.15) is 36.0 Å². The fourth-order valence-electron chi connectivity index (χ4n) is 4.29. The highest BCUT2D eigenvalue weighted by Crippen LogP contribution is 2.37. The molecule has 0 aliphatic carbocycles. The van der Waals surface area contributed by atoms with E-state index in [9.17, 15) is 14.0 Å².